The number of hydrogen-bond donors (Lipinski definition) is 2. The lowest BCUT2D eigenvalue weighted by atomic mass is 10.2. The van der Waals surface area contributed by atoms with Crippen molar-refractivity contribution < 1.29 is 18.3 Å². The molecule has 3 N–H and O–H groups in total. The zero-order chi connectivity index (χ0) is 10.8. The Kier molecular flexibility index (Phi) is 3.12. The van der Waals surface area contributed by atoms with Gasteiger partial charge in [-0.25, -0.2) is 4.98 Å². The summed E-state index contributed by atoms with van der Waals surface area (Å²) in [5.41, 5.74) is 5.55. The fourth-order valence-corrected chi connectivity index (χ4v) is 1.06. The summed E-state index contributed by atoms with van der Waals surface area (Å²) in [5.74, 6) is 0. The number of nitrogens with zero attached hydrogens (tertiary/aromatic N) is 2. The zero-order valence-electron chi connectivity index (χ0n) is 7.20. The molecule has 0 spiro atoms. The molecule has 80 valence electrons. The zero-order valence-corrected chi connectivity index (χ0v) is 7.20. The van der Waals surface area contributed by atoms with Gasteiger partial charge in [-0.15, -0.1) is 0 Å². The number of nitrogens with two attached hydrogens (primary N) is 1. The maximum atomic E-state index is 12.0. The molecule has 0 aliphatic rings. The first-order valence-electron chi connectivity index (χ1n) is 3.87. The van der Waals surface area contributed by atoms with E-state index < -0.39 is 25.4 Å². The molecule has 1 atom stereocenters. The quantitative estimate of drug-likeness (QED) is 0.759. The van der Waals surface area contributed by atoms with E-state index in [2.05, 4.69) is 4.98 Å². The van der Waals surface area contributed by atoms with Gasteiger partial charge in [0.25, 0.3) is 0 Å². The molecule has 4 nitrogen and oxygen atoms in total. The number of alkyl halides is 3. The van der Waals surface area contributed by atoms with Crippen molar-refractivity contribution in [1.29, 1.82) is 0 Å². The minimum absolute atomic E-state index is 0.171. The highest BCUT2D eigenvalue weighted by Gasteiger charge is 2.29. The molecule has 1 rings (SSSR count). The Balaban J connectivity index is 2.82. The van der Waals surface area contributed by atoms with Gasteiger partial charge in [0.1, 0.15) is 6.54 Å². The average molecular weight is 209 g/mol. The van der Waals surface area contributed by atoms with Crippen LogP contribution in [0.4, 0.5) is 13.2 Å². The van der Waals surface area contributed by atoms with E-state index >= 15 is 0 Å². The van der Waals surface area contributed by atoms with Gasteiger partial charge in [-0.1, -0.05) is 0 Å². The maximum Gasteiger partial charge on any atom is 0.406 e. The van der Waals surface area contributed by atoms with E-state index in [0.717, 1.165) is 10.9 Å². The second-order valence-corrected chi connectivity index (χ2v) is 2.85. The number of rotatable bonds is 3. The van der Waals surface area contributed by atoms with Crippen LogP contribution in [0.5, 0.6) is 0 Å². The molecule has 0 fully saturated rings. The highest BCUT2D eigenvalue weighted by Crippen LogP contribution is 2.20. The molecule has 7 heteroatoms. The first-order valence-corrected chi connectivity index (χ1v) is 3.87. The predicted octanol–water partition coefficient (Wildman–Crippen LogP) is 0.437. The fraction of sp³-hybridized carbons (Fsp3) is 0.571. The lowest BCUT2D eigenvalue weighted by Gasteiger charge is -2.13. The van der Waals surface area contributed by atoms with Crippen LogP contribution in [-0.2, 0) is 6.54 Å². The van der Waals surface area contributed by atoms with Gasteiger partial charge >= 0.3 is 6.18 Å². The highest BCUT2D eigenvalue weighted by atomic mass is 19.4. The van der Waals surface area contributed by atoms with Crippen LogP contribution in [0.3, 0.4) is 0 Å². The molecule has 0 aliphatic heterocycles. The Labute approximate surface area is 78.2 Å². The monoisotopic (exact) mass is 209 g/mol. The molecule has 0 radical (unpaired) electrons. The fourth-order valence-electron chi connectivity index (χ4n) is 1.06. The Morgan fingerprint density at radius 3 is 2.71 bits per heavy atom. The Bertz CT molecular complexity index is 297. The largest absolute Gasteiger partial charge is 0.406 e. The lowest BCUT2D eigenvalue weighted by molar-refractivity contribution is -0.141. The predicted molar refractivity (Wildman–Crippen MR) is 42.3 cm³/mol. The van der Waals surface area contributed by atoms with Crippen LogP contribution in [0.1, 0.15) is 11.7 Å². The Morgan fingerprint density at radius 1 is 1.57 bits per heavy atom. The standard InChI is InChI=1S/C7H10F3N3O/c8-7(9,10)3-13-4-12-1-6(13)5(11)2-14/h1,4-5,14H,2-3,11H2. The van der Waals surface area contributed by atoms with Crippen molar-refractivity contribution in [2.75, 3.05) is 6.61 Å². The Hall–Kier alpha value is -1.08. The minimum atomic E-state index is -4.31. The van der Waals surface area contributed by atoms with E-state index in [4.69, 9.17) is 10.8 Å². The van der Waals surface area contributed by atoms with Crippen LogP contribution in [-0.4, -0.2) is 27.4 Å². The normalized spacial score (nSPS) is 14.4. The molecule has 1 aromatic heterocycles. The third kappa shape index (κ3) is 2.71. The minimum Gasteiger partial charge on any atom is -0.394 e. The molecule has 1 aromatic rings. The van der Waals surface area contributed by atoms with Crippen molar-refractivity contribution in [1.82, 2.24) is 9.55 Å². The van der Waals surface area contributed by atoms with Crippen LogP contribution in [0.25, 0.3) is 0 Å². The summed E-state index contributed by atoms with van der Waals surface area (Å²) in [4.78, 5) is 3.55. The summed E-state index contributed by atoms with van der Waals surface area (Å²) >= 11 is 0. The molecule has 0 saturated carbocycles. The van der Waals surface area contributed by atoms with E-state index in [1.54, 1.807) is 0 Å². The molecular formula is C7H10F3N3O. The smallest absolute Gasteiger partial charge is 0.394 e. The van der Waals surface area contributed by atoms with Crippen molar-refractivity contribution >= 4 is 0 Å². The van der Waals surface area contributed by atoms with Gasteiger partial charge in [0.05, 0.1) is 24.7 Å². The number of aliphatic hydroxyl groups is 1. The van der Waals surface area contributed by atoms with E-state index in [1.807, 2.05) is 0 Å². The van der Waals surface area contributed by atoms with Gasteiger partial charge < -0.3 is 15.4 Å². The first kappa shape index (κ1) is 11.0. The van der Waals surface area contributed by atoms with E-state index in [9.17, 15) is 13.2 Å². The van der Waals surface area contributed by atoms with E-state index in [1.165, 1.54) is 6.20 Å². The molecular weight excluding hydrogens is 199 g/mol. The maximum absolute atomic E-state index is 12.0. The van der Waals surface area contributed by atoms with Gasteiger partial charge in [0.2, 0.25) is 0 Å². The van der Waals surface area contributed by atoms with E-state index in [0.29, 0.717) is 0 Å². The molecule has 0 aliphatic carbocycles. The van der Waals surface area contributed by atoms with Crippen molar-refractivity contribution in [2.24, 2.45) is 5.73 Å². The van der Waals surface area contributed by atoms with Crippen LogP contribution >= 0.6 is 0 Å². The molecule has 0 amide bonds. The van der Waals surface area contributed by atoms with Crippen LogP contribution < -0.4 is 5.73 Å². The average Bonchev–Trinajstić information content (AvgIpc) is 2.48. The molecule has 14 heavy (non-hydrogen) atoms. The topological polar surface area (TPSA) is 64.1 Å². The summed E-state index contributed by atoms with van der Waals surface area (Å²) < 4.78 is 36.9. The van der Waals surface area contributed by atoms with Crippen LogP contribution in [0, 0.1) is 0 Å². The van der Waals surface area contributed by atoms with Crippen molar-refractivity contribution in [3.8, 4) is 0 Å². The van der Waals surface area contributed by atoms with Gasteiger partial charge in [0.15, 0.2) is 0 Å². The Morgan fingerprint density at radius 2 is 2.21 bits per heavy atom. The van der Waals surface area contributed by atoms with Crippen LogP contribution in [0.2, 0.25) is 0 Å². The summed E-state index contributed by atoms with van der Waals surface area (Å²) in [5, 5.41) is 8.68. The summed E-state index contributed by atoms with van der Waals surface area (Å²) in [7, 11) is 0. The van der Waals surface area contributed by atoms with Crippen LogP contribution in [0.15, 0.2) is 12.5 Å². The molecule has 0 bridgehead atoms. The lowest BCUT2D eigenvalue weighted by Crippen LogP contribution is -2.23. The number of hydrogen-bond acceptors (Lipinski definition) is 3. The van der Waals surface area contributed by atoms with Crippen molar-refractivity contribution in [2.45, 2.75) is 18.8 Å². The molecule has 1 unspecified atom stereocenters. The van der Waals surface area contributed by atoms with Crippen molar-refractivity contribution in [3.05, 3.63) is 18.2 Å². The third-order valence-electron chi connectivity index (χ3n) is 1.67. The number of imidazole rings is 1. The first-order chi connectivity index (χ1) is 6.44. The number of aromatic nitrogens is 2. The molecule has 0 aromatic carbocycles. The summed E-state index contributed by atoms with van der Waals surface area (Å²) in [6.45, 7) is -1.56. The summed E-state index contributed by atoms with van der Waals surface area (Å²) in [6.07, 6.45) is -2.06. The highest BCUT2D eigenvalue weighted by molar-refractivity contribution is 5.04. The van der Waals surface area contributed by atoms with Gasteiger partial charge in [-0.05, 0) is 0 Å². The van der Waals surface area contributed by atoms with E-state index in [-0.39, 0.29) is 5.69 Å². The molecule has 0 saturated heterocycles. The number of aliphatic hydroxyl groups excluding tert-OH is 1. The van der Waals surface area contributed by atoms with Gasteiger partial charge in [0, 0.05) is 6.20 Å². The molecule has 1 heterocycles. The summed E-state index contributed by atoms with van der Waals surface area (Å²) in [6, 6.07) is -0.833. The van der Waals surface area contributed by atoms with Gasteiger partial charge in [-0.2, -0.15) is 13.2 Å². The second kappa shape index (κ2) is 3.97. The van der Waals surface area contributed by atoms with Crippen molar-refractivity contribution in [3.63, 3.8) is 0 Å². The van der Waals surface area contributed by atoms with Gasteiger partial charge in [-0.3, -0.25) is 0 Å². The number of halogens is 3. The second-order valence-electron chi connectivity index (χ2n) is 2.85. The third-order valence-corrected chi connectivity index (χ3v) is 1.67. The SMILES string of the molecule is NC(CO)c1cncn1CC(F)(F)F.